The molecule has 0 aliphatic rings. The maximum atomic E-state index is 14.2. The van der Waals surface area contributed by atoms with E-state index in [-0.39, 0.29) is 5.69 Å². The quantitative estimate of drug-likeness (QED) is 0.787. The number of halogens is 3. The van der Waals surface area contributed by atoms with Crippen molar-refractivity contribution < 1.29 is 13.2 Å². The number of aromatic nitrogens is 2. The summed E-state index contributed by atoms with van der Waals surface area (Å²) in [6.45, 7) is 0. The standard InChI is InChI=1S/C17H14F3N3/c1-23-9-8-21-17(23)16(12-4-2-3-5-13(12)19)22-15-7-6-11(18)10-14(15)20/h2-10,16,22H,1H3. The molecule has 1 N–H and O–H groups in total. The average Bonchev–Trinajstić information content (AvgIpc) is 2.94. The van der Waals surface area contributed by atoms with Crippen molar-refractivity contribution in [2.75, 3.05) is 5.32 Å². The normalized spacial score (nSPS) is 12.2. The molecule has 23 heavy (non-hydrogen) atoms. The first-order valence-electron chi connectivity index (χ1n) is 6.99. The summed E-state index contributed by atoms with van der Waals surface area (Å²) in [5.74, 6) is -1.35. The van der Waals surface area contributed by atoms with Crippen molar-refractivity contribution in [3.8, 4) is 0 Å². The minimum absolute atomic E-state index is 0.0719. The molecule has 3 nitrogen and oxygen atoms in total. The summed E-state index contributed by atoms with van der Waals surface area (Å²) in [7, 11) is 1.76. The van der Waals surface area contributed by atoms with Gasteiger partial charge in [-0.3, -0.25) is 0 Å². The Balaban J connectivity index is 2.06. The summed E-state index contributed by atoms with van der Waals surface area (Å²) in [5.41, 5.74) is 0.396. The van der Waals surface area contributed by atoms with E-state index in [4.69, 9.17) is 0 Å². The Morgan fingerprint density at radius 1 is 1.04 bits per heavy atom. The molecular formula is C17H14F3N3. The lowest BCUT2D eigenvalue weighted by molar-refractivity contribution is 0.578. The molecule has 3 aromatic rings. The number of benzene rings is 2. The van der Waals surface area contributed by atoms with Gasteiger partial charge in [-0.1, -0.05) is 18.2 Å². The summed E-state index contributed by atoms with van der Waals surface area (Å²) in [6.07, 6.45) is 3.29. The highest BCUT2D eigenvalue weighted by atomic mass is 19.1. The number of aryl methyl sites for hydroxylation is 1. The van der Waals surface area contributed by atoms with E-state index >= 15 is 0 Å². The van der Waals surface area contributed by atoms with Gasteiger partial charge < -0.3 is 9.88 Å². The number of hydrogen-bond acceptors (Lipinski definition) is 2. The zero-order valence-electron chi connectivity index (χ0n) is 12.3. The third-order valence-corrected chi connectivity index (χ3v) is 3.56. The first-order valence-corrected chi connectivity index (χ1v) is 6.99. The fourth-order valence-electron chi connectivity index (χ4n) is 2.41. The van der Waals surface area contributed by atoms with E-state index in [2.05, 4.69) is 10.3 Å². The third-order valence-electron chi connectivity index (χ3n) is 3.56. The second kappa shape index (κ2) is 6.16. The Hall–Kier alpha value is -2.76. The first-order chi connectivity index (χ1) is 11.1. The van der Waals surface area contributed by atoms with Gasteiger partial charge in [-0.2, -0.15) is 0 Å². The highest BCUT2D eigenvalue weighted by molar-refractivity contribution is 5.49. The summed E-state index contributed by atoms with van der Waals surface area (Å²) >= 11 is 0. The Bertz CT molecular complexity index is 829. The lowest BCUT2D eigenvalue weighted by Gasteiger charge is -2.21. The second-order valence-electron chi connectivity index (χ2n) is 5.12. The van der Waals surface area contributed by atoms with Crippen LogP contribution >= 0.6 is 0 Å². The molecule has 0 amide bonds. The minimum Gasteiger partial charge on any atom is -0.369 e. The van der Waals surface area contributed by atoms with E-state index in [1.807, 2.05) is 0 Å². The largest absolute Gasteiger partial charge is 0.369 e. The van der Waals surface area contributed by atoms with Gasteiger partial charge in [0.15, 0.2) is 0 Å². The number of imidazole rings is 1. The Morgan fingerprint density at radius 2 is 1.83 bits per heavy atom. The minimum atomic E-state index is -0.749. The third kappa shape index (κ3) is 3.06. The van der Waals surface area contributed by atoms with Gasteiger partial charge in [-0.25, -0.2) is 18.2 Å². The molecule has 0 bridgehead atoms. The van der Waals surface area contributed by atoms with Crippen molar-refractivity contribution in [2.24, 2.45) is 7.05 Å². The summed E-state index contributed by atoms with van der Waals surface area (Å²) in [6, 6.07) is 8.68. The van der Waals surface area contributed by atoms with Crippen LogP contribution in [-0.4, -0.2) is 9.55 Å². The van der Waals surface area contributed by atoms with Crippen LogP contribution in [0.1, 0.15) is 17.4 Å². The zero-order valence-corrected chi connectivity index (χ0v) is 12.3. The molecule has 3 rings (SSSR count). The van der Waals surface area contributed by atoms with E-state index in [0.29, 0.717) is 11.4 Å². The van der Waals surface area contributed by atoms with Crippen molar-refractivity contribution in [3.63, 3.8) is 0 Å². The molecule has 0 saturated carbocycles. The van der Waals surface area contributed by atoms with Crippen LogP contribution in [0, 0.1) is 17.5 Å². The van der Waals surface area contributed by atoms with Gasteiger partial charge >= 0.3 is 0 Å². The SMILES string of the molecule is Cn1ccnc1C(Nc1ccc(F)cc1F)c1ccccc1F. The van der Waals surface area contributed by atoms with Gasteiger partial charge in [0.05, 0.1) is 5.69 Å². The maximum Gasteiger partial charge on any atom is 0.149 e. The molecule has 6 heteroatoms. The van der Waals surface area contributed by atoms with Crippen molar-refractivity contribution in [1.29, 1.82) is 0 Å². The number of anilines is 1. The van der Waals surface area contributed by atoms with Crippen LogP contribution in [0.3, 0.4) is 0 Å². The lowest BCUT2D eigenvalue weighted by atomic mass is 10.0. The van der Waals surface area contributed by atoms with Crippen molar-refractivity contribution >= 4 is 5.69 Å². The molecule has 1 atom stereocenters. The number of nitrogens with one attached hydrogen (secondary N) is 1. The summed E-state index contributed by atoms with van der Waals surface area (Å²) in [4.78, 5) is 4.21. The number of hydrogen-bond donors (Lipinski definition) is 1. The Morgan fingerprint density at radius 3 is 2.48 bits per heavy atom. The highest BCUT2D eigenvalue weighted by Gasteiger charge is 2.22. The monoisotopic (exact) mass is 317 g/mol. The van der Waals surface area contributed by atoms with Gasteiger partial charge in [0.2, 0.25) is 0 Å². The van der Waals surface area contributed by atoms with E-state index in [1.54, 1.807) is 42.2 Å². The molecule has 1 unspecified atom stereocenters. The van der Waals surface area contributed by atoms with Crippen LogP contribution in [0.15, 0.2) is 54.9 Å². The van der Waals surface area contributed by atoms with Crippen molar-refractivity contribution in [2.45, 2.75) is 6.04 Å². The zero-order chi connectivity index (χ0) is 16.4. The predicted molar refractivity (Wildman–Crippen MR) is 81.4 cm³/mol. The molecule has 0 saturated heterocycles. The van der Waals surface area contributed by atoms with Gasteiger partial charge in [0.25, 0.3) is 0 Å². The fourth-order valence-corrected chi connectivity index (χ4v) is 2.41. The highest BCUT2D eigenvalue weighted by Crippen LogP contribution is 2.28. The maximum absolute atomic E-state index is 14.2. The molecule has 118 valence electrons. The molecule has 1 aromatic heterocycles. The Kier molecular flexibility index (Phi) is 4.06. The van der Waals surface area contributed by atoms with Gasteiger partial charge in [0, 0.05) is 31.1 Å². The molecule has 0 radical (unpaired) electrons. The van der Waals surface area contributed by atoms with E-state index in [1.165, 1.54) is 12.1 Å². The van der Waals surface area contributed by atoms with Crippen LogP contribution in [0.25, 0.3) is 0 Å². The van der Waals surface area contributed by atoms with Crippen LogP contribution in [-0.2, 0) is 7.05 Å². The predicted octanol–water partition coefficient (Wildman–Crippen LogP) is 4.04. The average molecular weight is 317 g/mol. The van der Waals surface area contributed by atoms with Crippen LogP contribution < -0.4 is 5.32 Å². The molecule has 0 aliphatic carbocycles. The van der Waals surface area contributed by atoms with Crippen LogP contribution in [0.2, 0.25) is 0 Å². The number of rotatable bonds is 4. The lowest BCUT2D eigenvalue weighted by Crippen LogP contribution is -2.18. The molecule has 0 aliphatic heterocycles. The van der Waals surface area contributed by atoms with E-state index < -0.39 is 23.5 Å². The number of nitrogens with zero attached hydrogens (tertiary/aromatic N) is 2. The van der Waals surface area contributed by atoms with Crippen LogP contribution in [0.5, 0.6) is 0 Å². The molecule has 1 heterocycles. The molecular weight excluding hydrogens is 303 g/mol. The van der Waals surface area contributed by atoms with Gasteiger partial charge in [0.1, 0.15) is 29.3 Å². The smallest absolute Gasteiger partial charge is 0.149 e. The molecule has 2 aromatic carbocycles. The topological polar surface area (TPSA) is 29.9 Å². The Labute approximate surface area is 131 Å². The fraction of sp³-hybridized carbons (Fsp3) is 0.118. The van der Waals surface area contributed by atoms with Crippen molar-refractivity contribution in [1.82, 2.24) is 9.55 Å². The van der Waals surface area contributed by atoms with Crippen molar-refractivity contribution in [3.05, 3.63) is 83.7 Å². The van der Waals surface area contributed by atoms with Gasteiger partial charge in [-0.15, -0.1) is 0 Å². The second-order valence-corrected chi connectivity index (χ2v) is 5.12. The first kappa shape index (κ1) is 15.1. The summed E-state index contributed by atoms with van der Waals surface area (Å²) < 4.78 is 42.9. The molecule has 0 spiro atoms. The molecule has 0 fully saturated rings. The van der Waals surface area contributed by atoms with E-state index in [0.717, 1.165) is 12.1 Å². The van der Waals surface area contributed by atoms with Gasteiger partial charge in [-0.05, 0) is 18.2 Å². The summed E-state index contributed by atoms with van der Waals surface area (Å²) in [5, 5.41) is 2.91. The van der Waals surface area contributed by atoms with Crippen LogP contribution in [0.4, 0.5) is 18.9 Å². The van der Waals surface area contributed by atoms with E-state index in [9.17, 15) is 13.2 Å².